The van der Waals surface area contributed by atoms with Crippen LogP contribution in [0.4, 0.5) is 0 Å². The molecule has 2 heterocycles. The van der Waals surface area contributed by atoms with E-state index in [4.69, 9.17) is 0 Å². The van der Waals surface area contributed by atoms with Crippen molar-refractivity contribution in [3.63, 3.8) is 0 Å². The number of hydrogen-bond donors (Lipinski definition) is 1. The van der Waals surface area contributed by atoms with Gasteiger partial charge in [0.15, 0.2) is 0 Å². The SMILES string of the molecule is CN(C)CCN(C1C2CN(C3N=CC=CN3O)CC21)S(=O)(=O)c1ccc2ccccc2c1. The van der Waals surface area contributed by atoms with Crippen LogP contribution in [0.1, 0.15) is 0 Å². The summed E-state index contributed by atoms with van der Waals surface area (Å²) in [6.07, 6.45) is 4.54. The Bertz CT molecular complexity index is 1150. The lowest BCUT2D eigenvalue weighted by Crippen LogP contribution is -2.47. The first-order valence-corrected chi connectivity index (χ1v) is 12.4. The highest BCUT2D eigenvalue weighted by molar-refractivity contribution is 7.89. The van der Waals surface area contributed by atoms with Crippen LogP contribution < -0.4 is 0 Å². The summed E-state index contributed by atoms with van der Waals surface area (Å²) in [5, 5.41) is 13.2. The van der Waals surface area contributed by atoms with Crippen molar-refractivity contribution in [1.29, 1.82) is 0 Å². The summed E-state index contributed by atoms with van der Waals surface area (Å²) in [5.74, 6) is 0.504. The van der Waals surface area contributed by atoms with Gasteiger partial charge in [0.25, 0.3) is 0 Å². The van der Waals surface area contributed by atoms with Crippen LogP contribution in [0.5, 0.6) is 0 Å². The summed E-state index contributed by atoms with van der Waals surface area (Å²) < 4.78 is 29.2. The Morgan fingerprint density at radius 3 is 2.47 bits per heavy atom. The lowest BCUT2D eigenvalue weighted by Gasteiger charge is -2.33. The highest BCUT2D eigenvalue weighted by Crippen LogP contribution is 2.51. The predicted octanol–water partition coefficient (Wildman–Crippen LogP) is 1.90. The molecule has 9 heteroatoms. The van der Waals surface area contributed by atoms with Crippen molar-refractivity contribution in [2.75, 3.05) is 40.3 Å². The average Bonchev–Trinajstić information content (AvgIpc) is 3.24. The van der Waals surface area contributed by atoms with E-state index in [0.29, 0.717) is 31.1 Å². The van der Waals surface area contributed by atoms with Crippen LogP contribution in [0.2, 0.25) is 0 Å². The minimum atomic E-state index is -3.63. The van der Waals surface area contributed by atoms with Crippen LogP contribution in [-0.2, 0) is 10.0 Å². The van der Waals surface area contributed by atoms with Crippen LogP contribution in [0, 0.1) is 11.8 Å². The van der Waals surface area contributed by atoms with Gasteiger partial charge in [-0.3, -0.25) is 15.1 Å². The zero-order valence-electron chi connectivity index (χ0n) is 18.3. The average molecular weight is 456 g/mol. The van der Waals surface area contributed by atoms with Crippen LogP contribution in [-0.4, -0.2) is 91.6 Å². The summed E-state index contributed by atoms with van der Waals surface area (Å²) in [6, 6.07) is 13.2. The molecule has 1 saturated heterocycles. The molecule has 3 atom stereocenters. The summed E-state index contributed by atoms with van der Waals surface area (Å²) in [7, 11) is 0.286. The van der Waals surface area contributed by atoms with Crippen molar-refractivity contribution in [1.82, 2.24) is 19.2 Å². The molecular weight excluding hydrogens is 426 g/mol. The molecule has 1 N–H and O–H groups in total. The molecule has 2 fully saturated rings. The highest BCUT2D eigenvalue weighted by atomic mass is 32.2. The van der Waals surface area contributed by atoms with E-state index in [-0.39, 0.29) is 17.9 Å². The van der Waals surface area contributed by atoms with E-state index in [2.05, 4.69) is 9.89 Å². The van der Waals surface area contributed by atoms with Gasteiger partial charge in [-0.15, -0.1) is 0 Å². The number of aliphatic imine (C=N–C) groups is 1. The van der Waals surface area contributed by atoms with Gasteiger partial charge >= 0.3 is 0 Å². The van der Waals surface area contributed by atoms with Crippen LogP contribution in [0.3, 0.4) is 0 Å². The van der Waals surface area contributed by atoms with Crippen molar-refractivity contribution in [2.24, 2.45) is 16.8 Å². The Morgan fingerprint density at radius 1 is 1.06 bits per heavy atom. The lowest BCUT2D eigenvalue weighted by molar-refractivity contribution is -0.127. The number of sulfonamides is 1. The van der Waals surface area contributed by atoms with Gasteiger partial charge in [0.1, 0.15) is 0 Å². The van der Waals surface area contributed by atoms with E-state index < -0.39 is 16.3 Å². The second kappa shape index (κ2) is 8.24. The molecule has 1 aliphatic carbocycles. The van der Waals surface area contributed by atoms with E-state index in [1.165, 1.54) is 0 Å². The Kier molecular flexibility index (Phi) is 5.55. The molecule has 0 aromatic heterocycles. The number of likely N-dealkylation sites (tertiary alicyclic amines) is 1. The minimum absolute atomic E-state index is 0.0158. The van der Waals surface area contributed by atoms with Crippen molar-refractivity contribution in [3.8, 4) is 0 Å². The first-order valence-electron chi connectivity index (χ1n) is 10.9. The standard InChI is InChI=1S/C23H29N5O3S/c1-25(2)12-13-28(32(30,31)19-9-8-17-6-3-4-7-18(17)14-19)22-20-15-26(16-21(20)22)23-24-10-5-11-27(23)29/h3-11,14,20-23,29H,12-13,15-16H2,1-2H3. The zero-order valence-corrected chi connectivity index (χ0v) is 19.1. The summed E-state index contributed by atoms with van der Waals surface area (Å²) in [4.78, 5) is 8.82. The Morgan fingerprint density at radius 2 is 1.78 bits per heavy atom. The van der Waals surface area contributed by atoms with Gasteiger partial charge in [-0.1, -0.05) is 30.3 Å². The Hall–Kier alpha value is -2.30. The minimum Gasteiger partial charge on any atom is -0.308 e. The zero-order chi connectivity index (χ0) is 22.5. The molecule has 1 saturated carbocycles. The first-order chi connectivity index (χ1) is 15.4. The number of hydrogen-bond acceptors (Lipinski definition) is 7. The van der Waals surface area contributed by atoms with Crippen LogP contribution in [0.25, 0.3) is 10.8 Å². The van der Waals surface area contributed by atoms with E-state index in [0.717, 1.165) is 15.8 Å². The van der Waals surface area contributed by atoms with Crippen LogP contribution in [0.15, 0.2) is 64.6 Å². The molecule has 32 heavy (non-hydrogen) atoms. The smallest absolute Gasteiger partial charge is 0.243 e. The molecule has 8 nitrogen and oxygen atoms in total. The van der Waals surface area contributed by atoms with E-state index in [1.54, 1.807) is 34.9 Å². The summed E-state index contributed by atoms with van der Waals surface area (Å²) in [6.45, 7) is 2.55. The molecule has 3 unspecified atom stereocenters. The largest absolute Gasteiger partial charge is 0.308 e. The molecule has 0 bridgehead atoms. The Labute approximate surface area is 189 Å². The fourth-order valence-corrected chi connectivity index (χ4v) is 6.74. The normalized spacial score (nSPS) is 27.6. The number of fused-ring (bicyclic) bond motifs is 2. The van der Waals surface area contributed by atoms with Crippen LogP contribution >= 0.6 is 0 Å². The number of nitrogens with zero attached hydrogens (tertiary/aromatic N) is 5. The number of likely N-dealkylation sites (N-methyl/N-ethyl adjacent to an activating group) is 1. The van der Waals surface area contributed by atoms with Gasteiger partial charge in [-0.25, -0.2) is 13.5 Å². The molecule has 2 aromatic rings. The van der Waals surface area contributed by atoms with Gasteiger partial charge < -0.3 is 4.90 Å². The van der Waals surface area contributed by atoms with E-state index >= 15 is 0 Å². The van der Waals surface area contributed by atoms with Gasteiger partial charge in [0.2, 0.25) is 16.3 Å². The second-order valence-electron chi connectivity index (χ2n) is 9.07. The summed E-state index contributed by atoms with van der Waals surface area (Å²) in [5.41, 5.74) is 0. The fourth-order valence-electron chi connectivity index (χ4n) is 4.99. The van der Waals surface area contributed by atoms with Crippen molar-refractivity contribution < 1.29 is 13.6 Å². The fraction of sp³-hybridized carbons (Fsp3) is 0.435. The molecule has 0 spiro atoms. The quantitative estimate of drug-likeness (QED) is 0.687. The van der Waals surface area contributed by atoms with Gasteiger partial charge in [-0.2, -0.15) is 4.31 Å². The molecule has 0 amide bonds. The lowest BCUT2D eigenvalue weighted by atomic mass is 10.1. The molecule has 2 aromatic carbocycles. The molecule has 0 radical (unpaired) electrons. The maximum absolute atomic E-state index is 13.7. The number of allylic oxidation sites excluding steroid dienone is 1. The van der Waals surface area contributed by atoms with Crippen molar-refractivity contribution in [3.05, 3.63) is 54.7 Å². The third kappa shape index (κ3) is 3.84. The number of benzene rings is 2. The maximum Gasteiger partial charge on any atom is 0.243 e. The van der Waals surface area contributed by atoms with E-state index in [9.17, 15) is 13.6 Å². The number of hydroxylamine groups is 2. The Balaban J connectivity index is 1.38. The van der Waals surface area contributed by atoms with Gasteiger partial charge in [-0.05, 0) is 54.9 Å². The van der Waals surface area contributed by atoms with Crippen molar-refractivity contribution in [2.45, 2.75) is 17.2 Å². The third-order valence-corrected chi connectivity index (χ3v) is 8.61. The predicted molar refractivity (Wildman–Crippen MR) is 124 cm³/mol. The van der Waals surface area contributed by atoms with Gasteiger partial charge in [0.05, 0.1) is 4.90 Å². The monoisotopic (exact) mass is 455 g/mol. The van der Waals surface area contributed by atoms with Crippen molar-refractivity contribution >= 4 is 27.0 Å². The highest BCUT2D eigenvalue weighted by Gasteiger charge is 2.61. The second-order valence-corrected chi connectivity index (χ2v) is 11.0. The molecule has 5 rings (SSSR count). The van der Waals surface area contributed by atoms with E-state index in [1.807, 2.05) is 49.3 Å². The first kappa shape index (κ1) is 21.5. The molecule has 3 aliphatic rings. The summed E-state index contributed by atoms with van der Waals surface area (Å²) >= 11 is 0. The number of rotatable bonds is 7. The molecule has 2 aliphatic heterocycles. The maximum atomic E-state index is 13.7. The molecule has 170 valence electrons. The van der Waals surface area contributed by atoms with Gasteiger partial charge in [0, 0.05) is 44.6 Å². The topological polar surface area (TPSA) is 79.7 Å². The third-order valence-electron chi connectivity index (χ3n) is 6.71. The molecular formula is C23H29N5O3S. The number of piperidine rings is 1.